The average molecular weight is 522 g/mol. The lowest BCUT2D eigenvalue weighted by atomic mass is 9.84. The summed E-state index contributed by atoms with van der Waals surface area (Å²) in [6.07, 6.45) is -1.36. The number of carbonyl (C=O) groups is 2. The van der Waals surface area contributed by atoms with E-state index in [0.717, 1.165) is 25.9 Å². The first kappa shape index (κ1) is 28.2. The number of rotatable bonds is 6. The fourth-order valence-electron chi connectivity index (χ4n) is 4.60. The summed E-state index contributed by atoms with van der Waals surface area (Å²) in [6, 6.07) is 6.08. The van der Waals surface area contributed by atoms with E-state index in [1.54, 1.807) is 29.2 Å². The summed E-state index contributed by atoms with van der Waals surface area (Å²) in [4.78, 5) is 36.4. The van der Waals surface area contributed by atoms with Crippen LogP contribution in [0.3, 0.4) is 0 Å². The molecule has 1 aromatic heterocycles. The van der Waals surface area contributed by atoms with Crippen LogP contribution in [0.25, 0.3) is 0 Å². The fraction of sp³-hybridized carbons (Fsp3) is 0.520. The number of nitrogens with one attached hydrogen (secondary N) is 2. The van der Waals surface area contributed by atoms with E-state index >= 15 is 0 Å². The Kier molecular flexibility index (Phi) is 8.95. The number of amides is 2. The van der Waals surface area contributed by atoms with Gasteiger partial charge in [0.25, 0.3) is 5.91 Å². The minimum Gasteiger partial charge on any atom is -0.369 e. The Morgan fingerprint density at radius 3 is 2.32 bits per heavy atom. The van der Waals surface area contributed by atoms with Crippen LogP contribution in [0.5, 0.6) is 0 Å². The molecule has 2 heterocycles. The van der Waals surface area contributed by atoms with Crippen molar-refractivity contribution in [3.63, 3.8) is 0 Å². The number of aromatic nitrogens is 2. The minimum absolute atomic E-state index is 0. The normalized spacial score (nSPS) is 20.6. The van der Waals surface area contributed by atoms with Gasteiger partial charge in [-0.1, -0.05) is 20.3 Å². The molecule has 2 atom stereocenters. The van der Waals surface area contributed by atoms with Crippen LogP contribution in [0.1, 0.15) is 49.0 Å². The van der Waals surface area contributed by atoms with E-state index in [0.29, 0.717) is 43.4 Å². The molecule has 1 aliphatic carbocycles. The predicted octanol–water partition coefficient (Wildman–Crippen LogP) is 3.72. The molecule has 202 valence electrons. The lowest BCUT2D eigenvalue weighted by molar-refractivity contribution is -0.137. The molecule has 4 N–H and O–H groups in total. The van der Waals surface area contributed by atoms with E-state index in [2.05, 4.69) is 25.5 Å². The predicted molar refractivity (Wildman–Crippen MR) is 135 cm³/mol. The molecule has 0 bridgehead atoms. The maximum absolute atomic E-state index is 13.6. The first-order chi connectivity index (χ1) is 17.1. The highest BCUT2D eigenvalue weighted by atomic mass is 19.4. The fourth-order valence-corrected chi connectivity index (χ4v) is 4.60. The average Bonchev–Trinajstić information content (AvgIpc) is 2.84. The Morgan fingerprint density at radius 2 is 1.70 bits per heavy atom. The summed E-state index contributed by atoms with van der Waals surface area (Å²) in [5, 5.41) is 5.70. The number of alkyl halides is 3. The van der Waals surface area contributed by atoms with Crippen molar-refractivity contribution in [2.24, 2.45) is 11.7 Å². The monoisotopic (exact) mass is 521 g/mol. The molecular weight excluding hydrogens is 487 g/mol. The van der Waals surface area contributed by atoms with Crippen molar-refractivity contribution in [2.75, 3.05) is 43.9 Å². The van der Waals surface area contributed by atoms with Crippen molar-refractivity contribution in [2.45, 2.75) is 45.3 Å². The first-order valence-corrected chi connectivity index (χ1v) is 12.0. The zero-order chi connectivity index (χ0) is 25.9. The number of anilines is 3. The van der Waals surface area contributed by atoms with Gasteiger partial charge < -0.3 is 26.2 Å². The molecule has 9 nitrogen and oxygen atoms in total. The van der Waals surface area contributed by atoms with Gasteiger partial charge in [0.05, 0.1) is 5.92 Å². The number of piperazine rings is 1. The number of nitrogens with zero attached hydrogens (tertiary/aromatic N) is 4. The summed E-state index contributed by atoms with van der Waals surface area (Å²) in [5.41, 5.74) is 5.50. The van der Waals surface area contributed by atoms with Gasteiger partial charge in [0.15, 0.2) is 0 Å². The number of primary amides is 1. The largest absolute Gasteiger partial charge is 0.421 e. The molecule has 1 saturated carbocycles. The Bertz CT molecular complexity index is 1090. The third kappa shape index (κ3) is 6.88. The molecule has 4 rings (SSSR count). The standard InChI is InChI=1S/C24H30F3N7O2.CH4/c1-33-10-12-34(13-11-33)22(36)15-6-8-16(9-7-15)30-23-29-14-18(24(25,26)27)21(32-23)31-19-5-3-2-4-17(19)20(28)35;/h6-9,14,17,19H,2-5,10-13H2,1H3,(H2,28,35)(H2,29,30,31,32);1H4/t17-,19+;/m0./s1. The smallest absolute Gasteiger partial charge is 0.369 e. The van der Waals surface area contributed by atoms with E-state index in [1.165, 1.54) is 0 Å². The molecule has 1 aromatic carbocycles. The van der Waals surface area contributed by atoms with Gasteiger partial charge in [0.1, 0.15) is 11.4 Å². The van der Waals surface area contributed by atoms with Gasteiger partial charge in [-0.2, -0.15) is 18.2 Å². The third-order valence-corrected chi connectivity index (χ3v) is 6.73. The van der Waals surface area contributed by atoms with Gasteiger partial charge in [0.2, 0.25) is 11.9 Å². The van der Waals surface area contributed by atoms with Gasteiger partial charge in [0, 0.05) is 49.7 Å². The quantitative estimate of drug-likeness (QED) is 0.531. The molecule has 0 unspecified atom stereocenters. The SMILES string of the molecule is C.CN1CCN(C(=O)c2ccc(Nc3ncc(C(F)(F)F)c(N[C@@H]4CCCC[C@@H]4C(N)=O)n3)cc2)CC1. The number of hydrogen-bond donors (Lipinski definition) is 3. The van der Waals surface area contributed by atoms with Crippen molar-refractivity contribution in [3.8, 4) is 0 Å². The lowest BCUT2D eigenvalue weighted by Gasteiger charge is -2.32. The Labute approximate surface area is 214 Å². The zero-order valence-corrected chi connectivity index (χ0v) is 20.0. The molecule has 0 spiro atoms. The van der Waals surface area contributed by atoms with Gasteiger partial charge in [-0.25, -0.2) is 4.98 Å². The van der Waals surface area contributed by atoms with E-state index in [1.807, 2.05) is 7.05 Å². The van der Waals surface area contributed by atoms with Crippen LogP contribution in [0.15, 0.2) is 30.5 Å². The highest BCUT2D eigenvalue weighted by molar-refractivity contribution is 5.94. The van der Waals surface area contributed by atoms with Gasteiger partial charge in [-0.3, -0.25) is 9.59 Å². The van der Waals surface area contributed by atoms with E-state index in [-0.39, 0.29) is 19.3 Å². The Hall–Kier alpha value is -3.41. The molecule has 0 radical (unpaired) electrons. The Balaban J connectivity index is 0.00000380. The van der Waals surface area contributed by atoms with Crippen LogP contribution >= 0.6 is 0 Å². The van der Waals surface area contributed by atoms with Crippen molar-refractivity contribution < 1.29 is 22.8 Å². The first-order valence-electron chi connectivity index (χ1n) is 12.0. The van der Waals surface area contributed by atoms with Crippen LogP contribution in [-0.4, -0.2) is 70.9 Å². The van der Waals surface area contributed by atoms with Crippen LogP contribution in [0.4, 0.5) is 30.6 Å². The molecule has 2 fully saturated rings. The molecular formula is C25H34F3N7O2. The molecule has 2 amide bonds. The zero-order valence-electron chi connectivity index (χ0n) is 20.0. The number of halogens is 3. The maximum atomic E-state index is 13.6. The molecule has 1 saturated heterocycles. The highest BCUT2D eigenvalue weighted by Crippen LogP contribution is 2.36. The van der Waals surface area contributed by atoms with Crippen molar-refractivity contribution in [1.82, 2.24) is 19.8 Å². The van der Waals surface area contributed by atoms with Crippen molar-refractivity contribution in [3.05, 3.63) is 41.6 Å². The third-order valence-electron chi connectivity index (χ3n) is 6.73. The number of benzene rings is 1. The van der Waals surface area contributed by atoms with Crippen LogP contribution in [0, 0.1) is 5.92 Å². The van der Waals surface area contributed by atoms with E-state index < -0.39 is 35.4 Å². The molecule has 2 aromatic rings. The molecule has 2 aliphatic rings. The van der Waals surface area contributed by atoms with Gasteiger partial charge in [-0.05, 0) is 44.2 Å². The van der Waals surface area contributed by atoms with E-state index in [4.69, 9.17) is 5.73 Å². The minimum atomic E-state index is -4.68. The molecule has 1 aliphatic heterocycles. The van der Waals surface area contributed by atoms with Crippen LogP contribution in [-0.2, 0) is 11.0 Å². The topological polar surface area (TPSA) is 116 Å². The lowest BCUT2D eigenvalue weighted by Crippen LogP contribution is -2.47. The number of nitrogens with two attached hydrogens (primary N) is 1. The number of carbonyl (C=O) groups excluding carboxylic acids is 2. The van der Waals surface area contributed by atoms with Crippen LogP contribution < -0.4 is 16.4 Å². The van der Waals surface area contributed by atoms with Gasteiger partial charge in [-0.15, -0.1) is 0 Å². The molecule has 37 heavy (non-hydrogen) atoms. The number of hydrogen-bond acceptors (Lipinski definition) is 7. The van der Waals surface area contributed by atoms with Crippen molar-refractivity contribution in [1.29, 1.82) is 0 Å². The second-order valence-corrected chi connectivity index (χ2v) is 9.30. The summed E-state index contributed by atoms with van der Waals surface area (Å²) < 4.78 is 40.9. The summed E-state index contributed by atoms with van der Waals surface area (Å²) in [5.74, 6) is -1.63. The molecule has 12 heteroatoms. The van der Waals surface area contributed by atoms with Crippen LogP contribution in [0.2, 0.25) is 0 Å². The maximum Gasteiger partial charge on any atom is 0.421 e. The second-order valence-electron chi connectivity index (χ2n) is 9.30. The Morgan fingerprint density at radius 1 is 1.05 bits per heavy atom. The number of likely N-dealkylation sites (N-methyl/N-ethyl adjacent to an activating group) is 1. The van der Waals surface area contributed by atoms with E-state index in [9.17, 15) is 22.8 Å². The summed E-state index contributed by atoms with van der Waals surface area (Å²) in [7, 11) is 2.01. The summed E-state index contributed by atoms with van der Waals surface area (Å²) >= 11 is 0. The highest BCUT2D eigenvalue weighted by Gasteiger charge is 2.37. The van der Waals surface area contributed by atoms with Crippen molar-refractivity contribution >= 4 is 29.3 Å². The van der Waals surface area contributed by atoms with Gasteiger partial charge >= 0.3 is 6.18 Å². The summed E-state index contributed by atoms with van der Waals surface area (Å²) in [6.45, 7) is 2.94. The second kappa shape index (κ2) is 11.8.